The summed E-state index contributed by atoms with van der Waals surface area (Å²) in [6.07, 6.45) is 10.9. The molecule has 0 aromatic heterocycles. The first kappa shape index (κ1) is 74.9. The standard InChI is InChI=1S/C75H104N14O9/c1-47-37-57(91)38-48(2)58(47)44-59(77)68(92)86-64(30-18-36-81-75(79)80)71(95)88-67(42-51-23-10-5-11-24-51)73(97)87-63(29-16-17-35-76)70(94)84-61-27-14-15-28-62(61)85-72(96)66(41-50-21-8-4-9-22-50)83-65(40-49-19-6-3-7-20-49)69(93)82-45-55-43-53-25-12-13-26-54(53)46-89(55)74(98)60(78)39-52-31-33-56(90)34-32-52/h4-5,8-13,21-26,31-34,37-38,49,55,59-67,83,90-91H,3,6-7,14-20,27-30,35-36,39-46,76-78H2,1-2H3,(H,82,93)(H,84,94)(H,85,96)(H,86,92)(H,87,97)(H,88,95)(H4,79,80,81)/t55?,59-,60-,61+,62-,63-,64+,65+,66-,67-/m0/s1. The number of nitrogens with one attached hydrogen (secondary N) is 7. The summed E-state index contributed by atoms with van der Waals surface area (Å²) in [6.45, 7) is 4.58. The maximum Gasteiger partial charge on any atom is 0.243 e. The second-order valence-corrected chi connectivity index (χ2v) is 27.0. The maximum atomic E-state index is 15.2. The highest BCUT2D eigenvalue weighted by molar-refractivity contribution is 5.95. The minimum Gasteiger partial charge on any atom is -0.508 e. The van der Waals surface area contributed by atoms with Crippen molar-refractivity contribution in [1.29, 1.82) is 0 Å². The molecule has 8 rings (SSSR count). The number of hydrogen-bond donors (Lipinski definition) is 14. The summed E-state index contributed by atoms with van der Waals surface area (Å²) < 4.78 is 0. The van der Waals surface area contributed by atoms with E-state index in [1.54, 1.807) is 41.3 Å². The largest absolute Gasteiger partial charge is 0.508 e. The van der Waals surface area contributed by atoms with Gasteiger partial charge in [-0.2, -0.15) is 0 Å². The number of nitrogens with zero attached hydrogens (tertiary/aromatic N) is 2. The molecule has 1 heterocycles. The number of phenols is 2. The van der Waals surface area contributed by atoms with Gasteiger partial charge < -0.3 is 75.7 Å². The maximum absolute atomic E-state index is 15.2. The molecule has 3 aliphatic rings. The first-order valence-corrected chi connectivity index (χ1v) is 35.1. The van der Waals surface area contributed by atoms with Crippen molar-refractivity contribution in [3.05, 3.63) is 166 Å². The van der Waals surface area contributed by atoms with Crippen molar-refractivity contribution in [3.8, 4) is 11.5 Å². The van der Waals surface area contributed by atoms with Crippen molar-refractivity contribution in [1.82, 2.24) is 42.1 Å². The number of benzene rings is 5. The Morgan fingerprint density at radius 1 is 0.541 bits per heavy atom. The summed E-state index contributed by atoms with van der Waals surface area (Å²) in [4.78, 5) is 109. The van der Waals surface area contributed by atoms with Crippen LogP contribution in [-0.4, -0.2) is 142 Å². The van der Waals surface area contributed by atoms with Crippen LogP contribution >= 0.6 is 0 Å². The van der Waals surface area contributed by atoms with Crippen LogP contribution in [0.3, 0.4) is 0 Å². The van der Waals surface area contributed by atoms with Gasteiger partial charge in [0.15, 0.2) is 5.96 Å². The number of aryl methyl sites for hydroxylation is 2. The Morgan fingerprint density at radius 3 is 1.69 bits per heavy atom. The molecule has 23 heteroatoms. The number of phenolic OH excluding ortho intramolecular Hbond substituents is 2. The van der Waals surface area contributed by atoms with Crippen LogP contribution in [0.5, 0.6) is 11.5 Å². The lowest BCUT2D eigenvalue weighted by Crippen LogP contribution is -2.62. The summed E-state index contributed by atoms with van der Waals surface area (Å²) in [5.74, 6) is -3.00. The zero-order valence-electron chi connectivity index (χ0n) is 56.9. The number of aromatic hydroxyl groups is 2. The molecule has 2 saturated carbocycles. The smallest absolute Gasteiger partial charge is 0.243 e. The van der Waals surface area contributed by atoms with Gasteiger partial charge in [-0.1, -0.05) is 142 Å². The molecule has 5 aromatic rings. The Balaban J connectivity index is 0.984. The van der Waals surface area contributed by atoms with Crippen LogP contribution in [0.25, 0.3) is 0 Å². The van der Waals surface area contributed by atoms with Gasteiger partial charge in [0, 0.05) is 38.1 Å². The molecule has 5 aromatic carbocycles. The van der Waals surface area contributed by atoms with Crippen molar-refractivity contribution in [2.75, 3.05) is 19.6 Å². The van der Waals surface area contributed by atoms with Crippen LogP contribution in [0, 0.1) is 19.8 Å². The fourth-order valence-corrected chi connectivity index (χ4v) is 13.9. The number of carbonyl (C=O) groups is 7. The second kappa shape index (κ2) is 37.7. The zero-order chi connectivity index (χ0) is 70.1. The Labute approximate surface area is 576 Å². The molecule has 1 aliphatic heterocycles. The topological polar surface area (TPSA) is 390 Å². The monoisotopic (exact) mass is 1340 g/mol. The van der Waals surface area contributed by atoms with Gasteiger partial charge in [0.25, 0.3) is 0 Å². The van der Waals surface area contributed by atoms with Crippen LogP contribution in [0.15, 0.2) is 126 Å². The van der Waals surface area contributed by atoms with E-state index in [4.69, 9.17) is 28.7 Å². The first-order chi connectivity index (χ1) is 47.2. The van der Waals surface area contributed by atoms with Gasteiger partial charge in [-0.3, -0.25) is 43.9 Å². The Kier molecular flexibility index (Phi) is 28.8. The molecule has 10 atom stereocenters. The highest BCUT2D eigenvalue weighted by atomic mass is 16.3. The molecule has 98 heavy (non-hydrogen) atoms. The molecular weight excluding hydrogens is 1240 g/mol. The molecular formula is C75H104N14O9. The van der Waals surface area contributed by atoms with E-state index in [-0.39, 0.29) is 99.1 Å². The molecule has 0 spiro atoms. The SMILES string of the molecule is Cc1cc(O)cc(C)c1C[C@H](N)C(=O)N[C@H](CCCN=C(N)N)C(=O)N[C@@H](Cc1ccccc1)C(=O)N[C@@H](CCCCN)C(=O)N[C@@H]1CCCC[C@@H]1NC(=O)[C@H](Cc1ccccc1)N[C@H](CC1CCCCC1)C(=O)NCC1Cc2ccccc2CN1C(=O)[C@@H](N)Cc1ccc(O)cc1. The molecule has 0 saturated heterocycles. The van der Waals surface area contributed by atoms with Gasteiger partial charge in [0.2, 0.25) is 41.4 Å². The quantitative estimate of drug-likeness (QED) is 0.0156. The van der Waals surface area contributed by atoms with Gasteiger partial charge in [0.05, 0.1) is 30.2 Å². The normalized spacial score (nSPS) is 18.4. The Bertz CT molecular complexity index is 3440. The van der Waals surface area contributed by atoms with Crippen molar-refractivity contribution >= 4 is 47.3 Å². The molecule has 528 valence electrons. The fourth-order valence-electron chi connectivity index (χ4n) is 13.9. The van der Waals surface area contributed by atoms with Crippen molar-refractivity contribution in [2.24, 2.45) is 39.6 Å². The van der Waals surface area contributed by atoms with Crippen molar-refractivity contribution in [3.63, 3.8) is 0 Å². The first-order valence-electron chi connectivity index (χ1n) is 35.1. The van der Waals surface area contributed by atoms with Crippen LogP contribution in [0.2, 0.25) is 0 Å². The second-order valence-electron chi connectivity index (χ2n) is 27.0. The Morgan fingerprint density at radius 2 is 1.07 bits per heavy atom. The summed E-state index contributed by atoms with van der Waals surface area (Å²) in [6, 6.07) is 27.8. The number of nitrogens with two attached hydrogens (primary N) is 5. The van der Waals surface area contributed by atoms with Crippen LogP contribution in [0.4, 0.5) is 0 Å². The summed E-state index contributed by atoms with van der Waals surface area (Å²) in [7, 11) is 0. The molecule has 2 fully saturated rings. The molecule has 2 aliphatic carbocycles. The van der Waals surface area contributed by atoms with E-state index < -0.39 is 84.0 Å². The van der Waals surface area contributed by atoms with Gasteiger partial charge in [-0.15, -0.1) is 0 Å². The highest BCUT2D eigenvalue weighted by Crippen LogP contribution is 2.30. The molecule has 23 nitrogen and oxygen atoms in total. The fraction of sp³-hybridized carbons (Fsp3) is 0.493. The number of guanidine groups is 1. The van der Waals surface area contributed by atoms with E-state index >= 15 is 9.59 Å². The van der Waals surface area contributed by atoms with E-state index in [0.29, 0.717) is 57.2 Å². The van der Waals surface area contributed by atoms with E-state index in [1.807, 2.05) is 98.8 Å². The number of unbranched alkanes of at least 4 members (excludes halogenated alkanes) is 1. The average Bonchev–Trinajstić information content (AvgIpc) is 0.810. The predicted molar refractivity (Wildman–Crippen MR) is 380 cm³/mol. The molecule has 7 amide bonds. The van der Waals surface area contributed by atoms with Gasteiger partial charge >= 0.3 is 0 Å². The van der Waals surface area contributed by atoms with Gasteiger partial charge in [-0.05, 0) is 172 Å². The van der Waals surface area contributed by atoms with E-state index in [1.165, 1.54) is 0 Å². The van der Waals surface area contributed by atoms with E-state index in [9.17, 15) is 34.2 Å². The summed E-state index contributed by atoms with van der Waals surface area (Å²) in [5.41, 5.74) is 37.1. The van der Waals surface area contributed by atoms with Crippen molar-refractivity contribution in [2.45, 2.75) is 209 Å². The third-order valence-electron chi connectivity index (χ3n) is 19.4. The minimum absolute atomic E-state index is 0.0232. The van der Waals surface area contributed by atoms with Gasteiger partial charge in [-0.25, -0.2) is 0 Å². The average molecular weight is 1350 g/mol. The molecule has 1 unspecified atom stereocenters. The third-order valence-corrected chi connectivity index (χ3v) is 19.4. The molecule has 19 N–H and O–H groups in total. The Hall–Kier alpha value is -8.90. The minimum atomic E-state index is -1.24. The zero-order valence-corrected chi connectivity index (χ0v) is 56.9. The number of amides is 7. The summed E-state index contributed by atoms with van der Waals surface area (Å²) >= 11 is 0. The lowest BCUT2D eigenvalue weighted by atomic mass is 9.84. The lowest BCUT2D eigenvalue weighted by molar-refractivity contribution is -0.137. The molecule has 0 bridgehead atoms. The summed E-state index contributed by atoms with van der Waals surface area (Å²) in [5, 5.41) is 42.1. The van der Waals surface area contributed by atoms with Crippen LogP contribution in [-0.2, 0) is 72.2 Å². The van der Waals surface area contributed by atoms with Crippen molar-refractivity contribution < 1.29 is 43.8 Å². The van der Waals surface area contributed by atoms with Crippen LogP contribution in [0.1, 0.15) is 141 Å². The third kappa shape index (κ3) is 22.9. The van der Waals surface area contributed by atoms with Crippen LogP contribution < -0.4 is 65.9 Å². The number of carbonyl (C=O) groups excluding carboxylic acids is 7. The number of aliphatic imine (C=N–C) groups is 1. The number of hydrogen-bond acceptors (Lipinski definition) is 14. The lowest BCUT2D eigenvalue weighted by Gasteiger charge is -2.39. The highest BCUT2D eigenvalue weighted by Gasteiger charge is 2.38. The number of fused-ring (bicyclic) bond motifs is 1. The van der Waals surface area contributed by atoms with E-state index in [2.05, 4.69) is 42.2 Å². The molecule has 0 radical (unpaired) electrons. The van der Waals surface area contributed by atoms with Gasteiger partial charge in [0.1, 0.15) is 29.6 Å². The number of rotatable bonds is 34. The van der Waals surface area contributed by atoms with E-state index in [0.717, 1.165) is 83.9 Å². The predicted octanol–water partition coefficient (Wildman–Crippen LogP) is 4.19.